The van der Waals surface area contributed by atoms with E-state index in [-0.39, 0.29) is 0 Å². The zero-order valence-corrected chi connectivity index (χ0v) is 14.4. The Morgan fingerprint density at radius 1 is 1.12 bits per heavy atom. The van der Waals surface area contributed by atoms with Gasteiger partial charge in [-0.15, -0.1) is 0 Å². The van der Waals surface area contributed by atoms with Gasteiger partial charge in [0.2, 0.25) is 0 Å². The molecule has 0 saturated carbocycles. The fourth-order valence-electron chi connectivity index (χ4n) is 3.26. The van der Waals surface area contributed by atoms with Crippen molar-refractivity contribution in [1.82, 2.24) is 0 Å². The van der Waals surface area contributed by atoms with Gasteiger partial charge in [-0.2, -0.15) is 0 Å². The van der Waals surface area contributed by atoms with Crippen molar-refractivity contribution in [3.05, 3.63) is 48.0 Å². The van der Waals surface area contributed by atoms with Crippen LogP contribution in [0.1, 0.15) is 24.8 Å². The summed E-state index contributed by atoms with van der Waals surface area (Å²) < 4.78 is 5.24. The highest BCUT2D eigenvalue weighted by Gasteiger charge is 2.14. The number of hydrogen-bond donors (Lipinski definition) is 2. The lowest BCUT2D eigenvalue weighted by molar-refractivity contribution is 0.415. The van der Waals surface area contributed by atoms with Gasteiger partial charge in [0.15, 0.2) is 0 Å². The largest absolute Gasteiger partial charge is 0.497 e. The average Bonchev–Trinajstić information content (AvgIpc) is 3.13. The van der Waals surface area contributed by atoms with Crippen molar-refractivity contribution in [3.8, 4) is 5.75 Å². The lowest BCUT2D eigenvalue weighted by Crippen LogP contribution is -2.19. The summed E-state index contributed by atoms with van der Waals surface area (Å²) in [4.78, 5) is 2.39. The summed E-state index contributed by atoms with van der Waals surface area (Å²) in [5.41, 5.74) is 10.8. The van der Waals surface area contributed by atoms with E-state index >= 15 is 0 Å². The van der Waals surface area contributed by atoms with Gasteiger partial charge in [0.1, 0.15) is 5.75 Å². The summed E-state index contributed by atoms with van der Waals surface area (Å²) in [6.07, 6.45) is 4.65. The Hall–Kier alpha value is -2.36. The first kappa shape index (κ1) is 16.5. The van der Waals surface area contributed by atoms with E-state index in [1.165, 1.54) is 24.1 Å². The zero-order valence-electron chi connectivity index (χ0n) is 14.4. The van der Waals surface area contributed by atoms with E-state index in [2.05, 4.69) is 34.5 Å². The molecule has 4 nitrogen and oxygen atoms in total. The molecular weight excluding hydrogens is 298 g/mol. The van der Waals surface area contributed by atoms with E-state index < -0.39 is 0 Å². The maximum atomic E-state index is 6.26. The van der Waals surface area contributed by atoms with Gasteiger partial charge < -0.3 is 20.7 Å². The van der Waals surface area contributed by atoms with Gasteiger partial charge >= 0.3 is 0 Å². The van der Waals surface area contributed by atoms with Crippen molar-refractivity contribution in [2.24, 2.45) is 0 Å². The van der Waals surface area contributed by atoms with E-state index in [0.29, 0.717) is 0 Å². The first-order valence-corrected chi connectivity index (χ1v) is 8.77. The van der Waals surface area contributed by atoms with Gasteiger partial charge in [0.05, 0.1) is 18.5 Å². The highest BCUT2D eigenvalue weighted by molar-refractivity contribution is 5.68. The second-order valence-electron chi connectivity index (χ2n) is 6.35. The number of benzene rings is 2. The van der Waals surface area contributed by atoms with Crippen LogP contribution in [0.15, 0.2) is 42.5 Å². The molecule has 0 unspecified atom stereocenters. The molecule has 24 heavy (non-hydrogen) atoms. The number of anilines is 3. The minimum absolute atomic E-state index is 0.880. The third-order valence-electron chi connectivity index (χ3n) is 4.58. The summed E-state index contributed by atoms with van der Waals surface area (Å²) in [7, 11) is 1.69. The van der Waals surface area contributed by atoms with Crippen LogP contribution in [0.2, 0.25) is 0 Å². The van der Waals surface area contributed by atoms with E-state index in [1.807, 2.05) is 18.2 Å². The minimum Gasteiger partial charge on any atom is -0.497 e. The van der Waals surface area contributed by atoms with Crippen LogP contribution in [0.25, 0.3) is 0 Å². The molecule has 128 valence electrons. The van der Waals surface area contributed by atoms with Gasteiger partial charge in [-0.05, 0) is 55.5 Å². The molecule has 1 saturated heterocycles. The Bertz CT molecular complexity index is 666. The van der Waals surface area contributed by atoms with Crippen molar-refractivity contribution in [2.45, 2.75) is 25.7 Å². The van der Waals surface area contributed by atoms with Crippen molar-refractivity contribution in [3.63, 3.8) is 0 Å². The fraction of sp³-hybridized carbons (Fsp3) is 0.400. The predicted molar refractivity (Wildman–Crippen MR) is 102 cm³/mol. The van der Waals surface area contributed by atoms with Gasteiger partial charge in [-0.3, -0.25) is 0 Å². The first-order valence-electron chi connectivity index (χ1n) is 8.77. The Labute approximate surface area is 144 Å². The Kier molecular flexibility index (Phi) is 5.47. The molecule has 1 heterocycles. The number of nitrogen functional groups attached to an aromatic ring is 1. The standard InChI is InChI=1S/C20H27N3O/c1-24-18-8-4-7-17(15-18)22-11-5-6-16-9-10-20(19(21)14-16)23-12-2-3-13-23/h4,7-10,14-15,22H,2-3,5-6,11-13,21H2,1H3. The van der Waals surface area contributed by atoms with Crippen LogP contribution in [0.3, 0.4) is 0 Å². The number of hydrogen-bond acceptors (Lipinski definition) is 4. The summed E-state index contributed by atoms with van der Waals surface area (Å²) in [5.74, 6) is 0.880. The molecule has 0 aliphatic carbocycles. The second-order valence-corrected chi connectivity index (χ2v) is 6.35. The molecule has 0 spiro atoms. The van der Waals surface area contributed by atoms with Crippen molar-refractivity contribution in [1.29, 1.82) is 0 Å². The van der Waals surface area contributed by atoms with Crippen LogP contribution in [0, 0.1) is 0 Å². The molecule has 0 aromatic heterocycles. The minimum atomic E-state index is 0.880. The topological polar surface area (TPSA) is 50.5 Å². The number of nitrogens with two attached hydrogens (primary N) is 1. The zero-order chi connectivity index (χ0) is 16.8. The van der Waals surface area contributed by atoms with Crippen LogP contribution in [-0.4, -0.2) is 26.7 Å². The van der Waals surface area contributed by atoms with Gasteiger partial charge in [-0.25, -0.2) is 0 Å². The maximum Gasteiger partial charge on any atom is 0.120 e. The third kappa shape index (κ3) is 4.13. The fourth-order valence-corrected chi connectivity index (χ4v) is 3.26. The van der Waals surface area contributed by atoms with Crippen LogP contribution >= 0.6 is 0 Å². The monoisotopic (exact) mass is 325 g/mol. The molecule has 1 aliphatic heterocycles. The number of aryl methyl sites for hydroxylation is 1. The highest BCUT2D eigenvalue weighted by Crippen LogP contribution is 2.28. The SMILES string of the molecule is COc1cccc(NCCCc2ccc(N3CCCC3)c(N)c2)c1. The van der Waals surface area contributed by atoms with E-state index in [1.54, 1.807) is 7.11 Å². The number of methoxy groups -OCH3 is 1. The number of nitrogens with zero attached hydrogens (tertiary/aromatic N) is 1. The van der Waals surface area contributed by atoms with Gasteiger partial charge in [-0.1, -0.05) is 12.1 Å². The average molecular weight is 325 g/mol. The smallest absolute Gasteiger partial charge is 0.120 e. The molecule has 0 radical (unpaired) electrons. The van der Waals surface area contributed by atoms with E-state index in [0.717, 1.165) is 49.6 Å². The van der Waals surface area contributed by atoms with Gasteiger partial charge in [0.25, 0.3) is 0 Å². The lowest BCUT2D eigenvalue weighted by atomic mass is 10.1. The molecule has 3 rings (SSSR count). The molecule has 0 bridgehead atoms. The summed E-state index contributed by atoms with van der Waals surface area (Å²) in [6.45, 7) is 3.20. The molecule has 2 aromatic carbocycles. The van der Waals surface area contributed by atoms with E-state index in [9.17, 15) is 0 Å². The van der Waals surface area contributed by atoms with Crippen LogP contribution < -0.4 is 20.7 Å². The van der Waals surface area contributed by atoms with Crippen LogP contribution in [0.4, 0.5) is 17.1 Å². The molecule has 0 atom stereocenters. The first-order chi connectivity index (χ1) is 11.8. The highest BCUT2D eigenvalue weighted by atomic mass is 16.5. The molecule has 2 aromatic rings. The molecule has 0 amide bonds. The molecule has 1 aliphatic rings. The van der Waals surface area contributed by atoms with Crippen LogP contribution in [-0.2, 0) is 6.42 Å². The molecule has 1 fully saturated rings. The van der Waals surface area contributed by atoms with Gasteiger partial charge in [0, 0.05) is 31.4 Å². The van der Waals surface area contributed by atoms with Crippen molar-refractivity contribution < 1.29 is 4.74 Å². The summed E-state index contributed by atoms with van der Waals surface area (Å²) in [5, 5.41) is 3.44. The second kappa shape index (κ2) is 7.95. The number of nitrogens with one attached hydrogen (secondary N) is 1. The Balaban J connectivity index is 1.48. The molecule has 3 N–H and O–H groups in total. The van der Waals surface area contributed by atoms with E-state index in [4.69, 9.17) is 10.5 Å². The lowest BCUT2D eigenvalue weighted by Gasteiger charge is -2.20. The number of ether oxygens (including phenoxy) is 1. The Morgan fingerprint density at radius 2 is 1.96 bits per heavy atom. The van der Waals surface area contributed by atoms with Crippen molar-refractivity contribution in [2.75, 3.05) is 42.7 Å². The van der Waals surface area contributed by atoms with Crippen molar-refractivity contribution >= 4 is 17.1 Å². The summed E-state index contributed by atoms with van der Waals surface area (Å²) in [6, 6.07) is 14.6. The Morgan fingerprint density at radius 3 is 2.71 bits per heavy atom. The quantitative estimate of drug-likeness (QED) is 0.598. The summed E-state index contributed by atoms with van der Waals surface area (Å²) >= 11 is 0. The van der Waals surface area contributed by atoms with Crippen LogP contribution in [0.5, 0.6) is 5.75 Å². The normalized spacial score (nSPS) is 14.0. The number of rotatable bonds is 7. The third-order valence-corrected chi connectivity index (χ3v) is 4.58. The predicted octanol–water partition coefficient (Wildman–Crippen LogP) is 3.92. The molecule has 4 heteroatoms. The maximum absolute atomic E-state index is 6.26. The molecular formula is C20H27N3O.